The minimum atomic E-state index is -0.269. The van der Waals surface area contributed by atoms with E-state index in [-0.39, 0.29) is 5.97 Å². The molecule has 0 aliphatic carbocycles. The first-order valence-corrected chi connectivity index (χ1v) is 6.50. The fraction of sp³-hybridized carbons (Fsp3) is 0.769. The van der Waals surface area contributed by atoms with Gasteiger partial charge in [-0.1, -0.05) is 12.5 Å². The fourth-order valence-corrected chi connectivity index (χ4v) is 2.24. The number of rotatable bonds is 5. The zero-order valence-corrected chi connectivity index (χ0v) is 11.1. The molecule has 0 saturated carbocycles. The van der Waals surface area contributed by atoms with Gasteiger partial charge in [0.25, 0.3) is 0 Å². The van der Waals surface area contributed by atoms with Gasteiger partial charge in [0.2, 0.25) is 0 Å². The summed E-state index contributed by atoms with van der Waals surface area (Å²) in [6.07, 6.45) is 7.07. The van der Waals surface area contributed by atoms with Crippen molar-refractivity contribution in [3.63, 3.8) is 0 Å². The molecule has 1 aliphatic rings. The predicted octanol–water partition coefficient (Wildman–Crippen LogP) is 1.87. The molecular weight excluding hydrogens is 216 g/mol. The van der Waals surface area contributed by atoms with Crippen LogP contribution in [0.15, 0.2) is 12.2 Å². The molecule has 17 heavy (non-hydrogen) atoms. The van der Waals surface area contributed by atoms with E-state index in [2.05, 4.69) is 24.3 Å². The third-order valence-corrected chi connectivity index (χ3v) is 3.13. The van der Waals surface area contributed by atoms with E-state index in [1.54, 1.807) is 6.92 Å². The highest BCUT2D eigenvalue weighted by Gasteiger charge is 2.23. The molecule has 0 aromatic carbocycles. The van der Waals surface area contributed by atoms with Crippen LogP contribution in [0, 0.1) is 0 Å². The second kappa shape index (κ2) is 7.45. The summed E-state index contributed by atoms with van der Waals surface area (Å²) in [6, 6.07) is 1.13. The number of nitrogens with one attached hydrogen (secondary N) is 1. The van der Waals surface area contributed by atoms with Gasteiger partial charge < -0.3 is 4.74 Å². The Morgan fingerprint density at radius 3 is 2.65 bits per heavy atom. The molecule has 98 valence electrons. The van der Waals surface area contributed by atoms with E-state index in [0.29, 0.717) is 25.2 Å². The molecule has 1 heterocycles. The zero-order chi connectivity index (χ0) is 12.7. The quantitative estimate of drug-likeness (QED) is 0.588. The molecule has 0 radical (unpaired) electrons. The highest BCUT2D eigenvalue weighted by molar-refractivity contribution is 5.81. The number of carbonyl (C=O) groups is 1. The SMILES string of the molecule is CCOC(=O)/C=C/CNN1C(C)CCCC1C. The van der Waals surface area contributed by atoms with E-state index in [1.165, 1.54) is 25.3 Å². The standard InChI is InChI=1S/C13H24N2O2/c1-4-17-13(16)9-6-10-14-15-11(2)7-5-8-12(15)3/h6,9,11-12,14H,4-5,7-8,10H2,1-3H3/b9-6+. The lowest BCUT2D eigenvalue weighted by molar-refractivity contribution is -0.137. The zero-order valence-electron chi connectivity index (χ0n) is 11.1. The summed E-state index contributed by atoms with van der Waals surface area (Å²) in [5, 5.41) is 2.29. The molecule has 0 spiro atoms. The van der Waals surface area contributed by atoms with Gasteiger partial charge in [0, 0.05) is 24.7 Å². The van der Waals surface area contributed by atoms with Crippen molar-refractivity contribution >= 4 is 5.97 Å². The van der Waals surface area contributed by atoms with Crippen LogP contribution in [0.1, 0.15) is 40.0 Å². The Labute approximate surface area is 104 Å². The Morgan fingerprint density at radius 2 is 2.06 bits per heavy atom. The van der Waals surface area contributed by atoms with Crippen molar-refractivity contribution in [2.75, 3.05) is 13.2 Å². The number of carbonyl (C=O) groups excluding carboxylic acids is 1. The molecule has 0 amide bonds. The number of esters is 1. The number of hydrazine groups is 1. The Morgan fingerprint density at radius 1 is 1.41 bits per heavy atom. The molecule has 4 heteroatoms. The average Bonchev–Trinajstić information content (AvgIpc) is 2.28. The van der Waals surface area contributed by atoms with E-state index in [4.69, 9.17) is 4.74 Å². The van der Waals surface area contributed by atoms with Crippen molar-refractivity contribution in [3.05, 3.63) is 12.2 Å². The molecular formula is C13H24N2O2. The van der Waals surface area contributed by atoms with Crippen molar-refractivity contribution in [3.8, 4) is 0 Å². The van der Waals surface area contributed by atoms with Crippen LogP contribution in [0.5, 0.6) is 0 Å². The Balaban J connectivity index is 2.27. The second-order valence-electron chi connectivity index (χ2n) is 4.55. The van der Waals surface area contributed by atoms with Gasteiger partial charge in [-0.05, 0) is 33.6 Å². The molecule has 2 unspecified atom stereocenters. The minimum Gasteiger partial charge on any atom is -0.463 e. The van der Waals surface area contributed by atoms with Crippen LogP contribution < -0.4 is 5.43 Å². The van der Waals surface area contributed by atoms with E-state index in [9.17, 15) is 4.79 Å². The summed E-state index contributed by atoms with van der Waals surface area (Å²) >= 11 is 0. The number of ether oxygens (including phenoxy) is 1. The lowest BCUT2D eigenvalue weighted by Gasteiger charge is -2.38. The summed E-state index contributed by atoms with van der Waals surface area (Å²) in [5.74, 6) is -0.269. The van der Waals surface area contributed by atoms with Crippen LogP contribution >= 0.6 is 0 Å². The van der Waals surface area contributed by atoms with Crippen LogP contribution in [-0.4, -0.2) is 36.2 Å². The number of nitrogens with zero attached hydrogens (tertiary/aromatic N) is 1. The lowest BCUT2D eigenvalue weighted by atomic mass is 10.00. The first kappa shape index (κ1) is 14.2. The van der Waals surface area contributed by atoms with Crippen molar-refractivity contribution in [2.24, 2.45) is 0 Å². The third-order valence-electron chi connectivity index (χ3n) is 3.13. The molecule has 4 nitrogen and oxygen atoms in total. The summed E-state index contributed by atoms with van der Waals surface area (Å²) in [6.45, 7) is 7.38. The van der Waals surface area contributed by atoms with Crippen LogP contribution in [0.2, 0.25) is 0 Å². The lowest BCUT2D eigenvalue weighted by Crippen LogP contribution is -2.52. The number of piperidine rings is 1. The van der Waals surface area contributed by atoms with Gasteiger partial charge in [0.15, 0.2) is 0 Å². The molecule has 0 aromatic rings. The number of hydrogen-bond acceptors (Lipinski definition) is 4. The van der Waals surface area contributed by atoms with Gasteiger partial charge in [0.05, 0.1) is 6.61 Å². The van der Waals surface area contributed by atoms with Crippen molar-refractivity contribution in [1.29, 1.82) is 0 Å². The third kappa shape index (κ3) is 4.88. The molecule has 1 N–H and O–H groups in total. The maximum atomic E-state index is 11.1. The largest absolute Gasteiger partial charge is 0.463 e. The van der Waals surface area contributed by atoms with Gasteiger partial charge in [-0.3, -0.25) is 5.43 Å². The van der Waals surface area contributed by atoms with Gasteiger partial charge in [-0.15, -0.1) is 0 Å². The van der Waals surface area contributed by atoms with Gasteiger partial charge in [-0.2, -0.15) is 0 Å². The molecule has 1 fully saturated rings. The maximum Gasteiger partial charge on any atom is 0.330 e. The first-order chi connectivity index (χ1) is 8.15. The van der Waals surface area contributed by atoms with E-state index in [1.807, 2.05) is 6.08 Å². The van der Waals surface area contributed by atoms with Crippen LogP contribution in [0.4, 0.5) is 0 Å². The van der Waals surface area contributed by atoms with Crippen LogP contribution in [0.25, 0.3) is 0 Å². The highest BCUT2D eigenvalue weighted by atomic mass is 16.5. The van der Waals surface area contributed by atoms with Crippen molar-refractivity contribution < 1.29 is 9.53 Å². The molecule has 1 saturated heterocycles. The van der Waals surface area contributed by atoms with E-state index < -0.39 is 0 Å². The van der Waals surface area contributed by atoms with Crippen molar-refractivity contribution in [2.45, 2.75) is 52.1 Å². The fourth-order valence-electron chi connectivity index (χ4n) is 2.24. The van der Waals surface area contributed by atoms with Crippen molar-refractivity contribution in [1.82, 2.24) is 10.4 Å². The molecule has 1 aliphatic heterocycles. The smallest absolute Gasteiger partial charge is 0.330 e. The van der Waals surface area contributed by atoms with Crippen LogP contribution in [-0.2, 0) is 9.53 Å². The topological polar surface area (TPSA) is 41.6 Å². The summed E-state index contributed by atoms with van der Waals surface area (Å²) < 4.78 is 4.81. The Hall–Kier alpha value is -0.870. The summed E-state index contributed by atoms with van der Waals surface area (Å²) in [5.41, 5.74) is 3.36. The van der Waals surface area contributed by atoms with E-state index >= 15 is 0 Å². The molecule has 0 bridgehead atoms. The highest BCUT2D eigenvalue weighted by Crippen LogP contribution is 2.19. The molecule has 0 aromatic heterocycles. The first-order valence-electron chi connectivity index (χ1n) is 6.50. The predicted molar refractivity (Wildman–Crippen MR) is 68.4 cm³/mol. The van der Waals surface area contributed by atoms with Crippen LogP contribution in [0.3, 0.4) is 0 Å². The second-order valence-corrected chi connectivity index (χ2v) is 4.55. The average molecular weight is 240 g/mol. The summed E-state index contributed by atoms with van der Waals surface area (Å²) in [4.78, 5) is 11.1. The molecule has 1 rings (SSSR count). The van der Waals surface area contributed by atoms with Gasteiger partial charge in [-0.25, -0.2) is 9.80 Å². The number of hydrogen-bond donors (Lipinski definition) is 1. The van der Waals surface area contributed by atoms with Gasteiger partial charge >= 0.3 is 5.97 Å². The monoisotopic (exact) mass is 240 g/mol. The molecule has 2 atom stereocenters. The minimum absolute atomic E-state index is 0.269. The maximum absolute atomic E-state index is 11.1. The summed E-state index contributed by atoms with van der Waals surface area (Å²) in [7, 11) is 0. The van der Waals surface area contributed by atoms with E-state index in [0.717, 1.165) is 0 Å². The Kier molecular flexibility index (Phi) is 6.22. The Bertz CT molecular complexity index is 256. The van der Waals surface area contributed by atoms with Gasteiger partial charge in [0.1, 0.15) is 0 Å². The normalized spacial score (nSPS) is 26.3.